The zero-order chi connectivity index (χ0) is 55.0. The van der Waals surface area contributed by atoms with Crippen molar-refractivity contribution in [3.8, 4) is 5.75 Å². The van der Waals surface area contributed by atoms with Crippen molar-refractivity contribution in [3.05, 3.63) is 48.0 Å². The van der Waals surface area contributed by atoms with Gasteiger partial charge < -0.3 is 63.9 Å². The number of aliphatic imine (C=N–C) groups is 1. The molecule has 0 saturated heterocycles. The number of aliphatic hydroxyl groups excluding tert-OH is 1. The van der Waals surface area contributed by atoms with Gasteiger partial charge in [0.15, 0.2) is 5.96 Å². The number of phenols is 1. The fourth-order valence-corrected chi connectivity index (χ4v) is 8.32. The summed E-state index contributed by atoms with van der Waals surface area (Å²) in [6.45, 7) is 12.1. The van der Waals surface area contributed by atoms with Crippen molar-refractivity contribution in [1.29, 1.82) is 0 Å². The van der Waals surface area contributed by atoms with Crippen molar-refractivity contribution in [2.45, 2.75) is 206 Å². The van der Waals surface area contributed by atoms with E-state index in [0.29, 0.717) is 17.8 Å². The number of benzene rings is 1. The van der Waals surface area contributed by atoms with Gasteiger partial charge in [-0.15, -0.1) is 0 Å². The first-order valence-corrected chi connectivity index (χ1v) is 26.8. The second kappa shape index (κ2) is 35.8. The van der Waals surface area contributed by atoms with Crippen molar-refractivity contribution in [2.24, 2.45) is 28.3 Å². The number of phenolic OH excluding ortho intramolecular Hbond substituents is 1. The molecule has 74 heavy (non-hydrogen) atoms. The molecule has 21 heteroatoms. The van der Waals surface area contributed by atoms with Gasteiger partial charge in [0.1, 0.15) is 42.0 Å². The molecule has 2 rings (SSSR count). The van der Waals surface area contributed by atoms with Crippen molar-refractivity contribution in [1.82, 2.24) is 47.2 Å². The van der Waals surface area contributed by atoms with Gasteiger partial charge in [0, 0.05) is 44.7 Å². The number of carbonyl (C=O) groups excluding carboxylic acids is 7. The Morgan fingerprint density at radius 1 is 0.595 bits per heavy atom. The number of aromatic nitrogens is 2. The lowest BCUT2D eigenvalue weighted by molar-refractivity contribution is -0.136. The van der Waals surface area contributed by atoms with E-state index >= 15 is 0 Å². The number of aromatic hydroxyl groups is 1. The molecule has 7 amide bonds. The summed E-state index contributed by atoms with van der Waals surface area (Å²) in [4.78, 5) is 106. The van der Waals surface area contributed by atoms with E-state index < -0.39 is 95.5 Å². The number of nitrogens with two attached hydrogens (primary N) is 2. The van der Waals surface area contributed by atoms with E-state index in [0.717, 1.165) is 25.7 Å². The number of nitrogens with zero attached hydrogens (tertiary/aromatic N) is 2. The average Bonchev–Trinajstić information content (AvgIpc) is 3.86. The van der Waals surface area contributed by atoms with Gasteiger partial charge in [-0.25, -0.2) is 4.98 Å². The number of imidazole rings is 1. The van der Waals surface area contributed by atoms with Gasteiger partial charge in [0.05, 0.1) is 12.4 Å². The number of guanidine groups is 1. The molecule has 0 aliphatic rings. The van der Waals surface area contributed by atoms with Crippen molar-refractivity contribution in [3.63, 3.8) is 0 Å². The highest BCUT2D eigenvalue weighted by atomic mass is 16.3. The first-order valence-electron chi connectivity index (χ1n) is 26.8. The number of amides is 7. The molecule has 0 radical (unpaired) electrons. The minimum atomic E-state index is -1.34. The van der Waals surface area contributed by atoms with Crippen LogP contribution in [-0.2, 0) is 46.4 Å². The largest absolute Gasteiger partial charge is 0.508 e. The third-order valence-corrected chi connectivity index (χ3v) is 12.6. The Morgan fingerprint density at radius 3 is 1.53 bits per heavy atom. The minimum absolute atomic E-state index is 0.00679. The molecule has 0 saturated carbocycles. The van der Waals surface area contributed by atoms with Crippen LogP contribution >= 0.6 is 0 Å². The van der Waals surface area contributed by atoms with E-state index in [1.165, 1.54) is 103 Å². The summed E-state index contributed by atoms with van der Waals surface area (Å²) in [6.07, 6.45) is 18.5. The van der Waals surface area contributed by atoms with Crippen LogP contribution in [-0.4, -0.2) is 123 Å². The topological polar surface area (TPSA) is 337 Å². The van der Waals surface area contributed by atoms with Gasteiger partial charge in [0.2, 0.25) is 41.4 Å². The van der Waals surface area contributed by atoms with Crippen LogP contribution in [0, 0.1) is 11.8 Å². The minimum Gasteiger partial charge on any atom is -0.508 e. The second-order valence-corrected chi connectivity index (χ2v) is 20.1. The number of hydrogen-bond acceptors (Lipinski definition) is 11. The van der Waals surface area contributed by atoms with Gasteiger partial charge in [-0.05, 0) is 55.7 Å². The summed E-state index contributed by atoms with van der Waals surface area (Å²) < 4.78 is 0. The molecule has 416 valence electrons. The predicted molar refractivity (Wildman–Crippen MR) is 286 cm³/mol. The Labute approximate surface area is 438 Å². The molecule has 1 heterocycles. The van der Waals surface area contributed by atoms with E-state index in [9.17, 15) is 43.8 Å². The number of H-pyrrole nitrogens is 1. The van der Waals surface area contributed by atoms with E-state index in [1.807, 2.05) is 0 Å². The summed E-state index contributed by atoms with van der Waals surface area (Å²) in [5.41, 5.74) is 12.1. The van der Waals surface area contributed by atoms with Crippen LogP contribution in [0.3, 0.4) is 0 Å². The molecule has 0 bridgehead atoms. The highest BCUT2D eigenvalue weighted by molar-refractivity contribution is 5.97. The quantitative estimate of drug-likeness (QED) is 0.0262. The summed E-state index contributed by atoms with van der Waals surface area (Å²) >= 11 is 0. The summed E-state index contributed by atoms with van der Waals surface area (Å²) in [5.74, 6) is -5.99. The maximum atomic E-state index is 14.3. The number of hydrogen-bond donors (Lipinski definition) is 12. The first-order chi connectivity index (χ1) is 35.2. The maximum Gasteiger partial charge on any atom is 0.245 e. The molecule has 0 aliphatic heterocycles. The van der Waals surface area contributed by atoms with Crippen molar-refractivity contribution >= 4 is 47.3 Å². The number of aliphatic hydroxyl groups is 1. The first kappa shape index (κ1) is 63.9. The zero-order valence-electron chi connectivity index (χ0n) is 45.1. The number of unbranched alkanes of at least 4 members (excludes halogenated alkanes) is 13. The van der Waals surface area contributed by atoms with E-state index in [-0.39, 0.29) is 43.9 Å². The Balaban J connectivity index is 2.19. The van der Waals surface area contributed by atoms with Gasteiger partial charge in [-0.1, -0.05) is 130 Å². The third-order valence-electron chi connectivity index (χ3n) is 12.6. The van der Waals surface area contributed by atoms with E-state index in [4.69, 9.17) is 11.5 Å². The molecule has 0 fully saturated rings. The summed E-state index contributed by atoms with van der Waals surface area (Å²) in [7, 11) is 0. The van der Waals surface area contributed by atoms with Gasteiger partial charge in [-0.2, -0.15) is 0 Å². The molecule has 0 spiro atoms. The standard InChI is InChI=1S/C53H90N12O9/c1-8-9-10-11-12-13-14-15-16-17-18-19-20-21-28-57-50(72)46(36(6)66)65-47(69)41(23-22-29-58-53(54)55)61-51(73)44(34(2)3)63-48(70)42(30-38-24-26-40(68)27-25-38)62-52(74)45(35(4)5)64-49(71)43(60-37(7)67)31-39-32-56-33-59-39/h24-27,32-36,41-46,66,68H,8-23,28-31H2,1-7H3,(H,56,59)(H,57,72)(H,60,67)(H,61,73)(H,62,74)(H,63,70)(H,64,71)(H,65,69)(H4,54,55,58)/t36-,41+,42+,43+,44+,45+,46+/m1/s1. The smallest absolute Gasteiger partial charge is 0.245 e. The lowest BCUT2D eigenvalue weighted by Crippen LogP contribution is -2.62. The molecule has 1 aromatic heterocycles. The molecule has 21 nitrogen and oxygen atoms in total. The molecule has 0 aliphatic carbocycles. The van der Waals surface area contributed by atoms with Crippen LogP contribution < -0.4 is 48.7 Å². The van der Waals surface area contributed by atoms with Crippen LogP contribution in [0.4, 0.5) is 0 Å². The van der Waals surface area contributed by atoms with Gasteiger partial charge >= 0.3 is 0 Å². The molecule has 0 unspecified atom stereocenters. The van der Waals surface area contributed by atoms with E-state index in [1.54, 1.807) is 39.8 Å². The highest BCUT2D eigenvalue weighted by Crippen LogP contribution is 2.16. The Bertz CT molecular complexity index is 2010. The van der Waals surface area contributed by atoms with Crippen LogP contribution in [0.5, 0.6) is 5.75 Å². The fourth-order valence-electron chi connectivity index (χ4n) is 8.32. The Morgan fingerprint density at radius 2 is 1.07 bits per heavy atom. The van der Waals surface area contributed by atoms with Crippen LogP contribution in [0.25, 0.3) is 0 Å². The second-order valence-electron chi connectivity index (χ2n) is 20.1. The monoisotopic (exact) mass is 1040 g/mol. The molecule has 7 atom stereocenters. The lowest BCUT2D eigenvalue weighted by Gasteiger charge is -2.30. The van der Waals surface area contributed by atoms with Crippen LogP contribution in [0.1, 0.15) is 162 Å². The van der Waals surface area contributed by atoms with Gasteiger partial charge in [0.25, 0.3) is 0 Å². The predicted octanol–water partition coefficient (Wildman–Crippen LogP) is 3.17. The van der Waals surface area contributed by atoms with E-state index in [2.05, 4.69) is 59.1 Å². The van der Waals surface area contributed by atoms with Crippen molar-refractivity contribution < 1.29 is 43.8 Å². The highest BCUT2D eigenvalue weighted by Gasteiger charge is 2.36. The maximum absolute atomic E-state index is 14.3. The molecule has 14 N–H and O–H groups in total. The molecular weight excluding hydrogens is 949 g/mol. The summed E-state index contributed by atoms with van der Waals surface area (Å²) in [5, 5.41) is 39.6. The lowest BCUT2D eigenvalue weighted by atomic mass is 9.98. The fraction of sp³-hybridized carbons (Fsp3) is 0.679. The zero-order valence-corrected chi connectivity index (χ0v) is 45.1. The molecule has 2 aromatic rings. The molecule has 1 aromatic carbocycles. The van der Waals surface area contributed by atoms with Crippen molar-refractivity contribution in [2.75, 3.05) is 13.1 Å². The number of nitrogens with one attached hydrogen (secondary N) is 8. The van der Waals surface area contributed by atoms with Gasteiger partial charge in [-0.3, -0.25) is 38.6 Å². The SMILES string of the molecule is CCCCCCCCCCCCCCCCNC(=O)[C@@H](NC(=O)[C@H](CCCN=C(N)N)NC(=O)[C@@H](NC(=O)[C@H](Cc1ccc(O)cc1)NC(=O)[C@@H](NC(=O)[C@H](Cc1cnc[nH]1)NC(C)=O)C(C)C)C(C)C)[C@@H](C)O. The number of aromatic amines is 1. The molecular formula is C53H90N12O9. The third kappa shape index (κ3) is 26.1. The Hall–Kier alpha value is -6.25. The normalized spacial score (nSPS) is 14.1. The Kier molecular flexibility index (Phi) is 30.9. The van der Waals surface area contributed by atoms with Crippen LogP contribution in [0.15, 0.2) is 41.8 Å². The number of rotatable bonds is 38. The average molecular weight is 1040 g/mol. The number of carbonyl (C=O) groups is 7. The van der Waals surface area contributed by atoms with Crippen LogP contribution in [0.2, 0.25) is 0 Å². The summed E-state index contributed by atoms with van der Waals surface area (Å²) in [6, 6.07) is -1.50.